The molecule has 0 unspecified atom stereocenters. The zero-order valence-electron chi connectivity index (χ0n) is 15.9. The van der Waals surface area contributed by atoms with Gasteiger partial charge in [-0.15, -0.1) is 5.10 Å². The Morgan fingerprint density at radius 1 is 1.07 bits per heavy atom. The molecule has 1 heterocycles. The highest BCUT2D eigenvalue weighted by Crippen LogP contribution is 2.15. The quantitative estimate of drug-likeness (QED) is 0.545. The lowest BCUT2D eigenvalue weighted by Crippen LogP contribution is -2.31. The molecule has 0 aliphatic heterocycles. The number of ether oxygens (including phenoxy) is 2. The minimum absolute atomic E-state index is 0.320. The number of nitrogens with one attached hydrogen (secondary N) is 1. The molecule has 0 aliphatic rings. The number of amides is 1. The monoisotopic (exact) mass is 395 g/mol. The number of benzene rings is 2. The zero-order chi connectivity index (χ0) is 20.5. The first kappa shape index (κ1) is 20.0. The van der Waals surface area contributed by atoms with Crippen molar-refractivity contribution >= 4 is 11.9 Å². The molecule has 9 nitrogen and oxygen atoms in total. The predicted octanol–water partition coefficient (Wildman–Crippen LogP) is 1.33. The Balaban J connectivity index is 1.53. The summed E-state index contributed by atoms with van der Waals surface area (Å²) in [6, 6.07) is 16.0. The van der Waals surface area contributed by atoms with E-state index >= 15 is 0 Å². The lowest BCUT2D eigenvalue weighted by Gasteiger charge is -2.15. The van der Waals surface area contributed by atoms with Gasteiger partial charge in [-0.3, -0.25) is 4.79 Å². The largest absolute Gasteiger partial charge is 0.497 e. The molecular formula is C20H21N5O4. The normalized spacial score (nSPS) is 11.5. The van der Waals surface area contributed by atoms with Crippen LogP contribution in [0.5, 0.6) is 5.75 Å². The van der Waals surface area contributed by atoms with Gasteiger partial charge in [0.15, 0.2) is 12.6 Å². The first-order chi connectivity index (χ1) is 14.2. The van der Waals surface area contributed by atoms with E-state index < -0.39 is 17.9 Å². The number of hydrogen-bond acceptors (Lipinski definition) is 7. The van der Waals surface area contributed by atoms with Crippen LogP contribution in [-0.2, 0) is 27.3 Å². The Kier molecular flexibility index (Phi) is 6.88. The smallest absolute Gasteiger partial charge is 0.331 e. The molecule has 3 rings (SSSR count). The van der Waals surface area contributed by atoms with Crippen molar-refractivity contribution in [2.24, 2.45) is 0 Å². The molecule has 1 aromatic heterocycles. The van der Waals surface area contributed by atoms with Crippen LogP contribution in [0.4, 0.5) is 0 Å². The average molecular weight is 395 g/mol. The molecule has 0 aliphatic carbocycles. The van der Waals surface area contributed by atoms with E-state index in [2.05, 4.69) is 20.8 Å². The summed E-state index contributed by atoms with van der Waals surface area (Å²) < 4.78 is 11.6. The van der Waals surface area contributed by atoms with Crippen LogP contribution < -0.4 is 10.1 Å². The van der Waals surface area contributed by atoms with Gasteiger partial charge < -0.3 is 14.8 Å². The number of rotatable bonds is 9. The highest BCUT2D eigenvalue weighted by Gasteiger charge is 2.24. The maximum absolute atomic E-state index is 12.6. The Morgan fingerprint density at radius 2 is 1.83 bits per heavy atom. The summed E-state index contributed by atoms with van der Waals surface area (Å²) in [6.45, 7) is -0.0662. The third-order valence-corrected chi connectivity index (χ3v) is 4.22. The van der Waals surface area contributed by atoms with Crippen LogP contribution >= 0.6 is 0 Å². The molecule has 29 heavy (non-hydrogen) atoms. The van der Waals surface area contributed by atoms with E-state index in [-0.39, 0.29) is 6.61 Å². The SMILES string of the molecule is COc1ccc(CNC(=O)COC(=O)[C@@H](Cc2ccccc2)n2cnnn2)cc1. The second-order valence-corrected chi connectivity index (χ2v) is 6.23. The van der Waals surface area contributed by atoms with Crippen molar-refractivity contribution in [2.75, 3.05) is 13.7 Å². The fourth-order valence-electron chi connectivity index (χ4n) is 2.66. The van der Waals surface area contributed by atoms with Crippen molar-refractivity contribution in [3.05, 3.63) is 72.1 Å². The molecule has 9 heteroatoms. The van der Waals surface area contributed by atoms with Gasteiger partial charge >= 0.3 is 5.97 Å². The summed E-state index contributed by atoms with van der Waals surface area (Å²) in [7, 11) is 1.59. The van der Waals surface area contributed by atoms with Crippen molar-refractivity contribution in [1.82, 2.24) is 25.5 Å². The standard InChI is InChI=1S/C20H21N5O4/c1-28-17-9-7-16(8-10-17)12-21-19(26)13-29-20(27)18(25-14-22-23-24-25)11-15-5-3-2-4-6-15/h2-10,14,18H,11-13H2,1H3,(H,21,26)/t18-/m1/s1. The van der Waals surface area contributed by atoms with E-state index in [9.17, 15) is 9.59 Å². The molecule has 0 radical (unpaired) electrons. The molecule has 1 atom stereocenters. The second kappa shape index (κ2) is 9.98. The number of hydrogen-bond donors (Lipinski definition) is 1. The van der Waals surface area contributed by atoms with Crippen LogP contribution in [0.2, 0.25) is 0 Å². The molecule has 1 amide bonds. The van der Waals surface area contributed by atoms with Crippen LogP contribution in [0.1, 0.15) is 17.2 Å². The summed E-state index contributed by atoms with van der Waals surface area (Å²) in [5, 5.41) is 13.7. The lowest BCUT2D eigenvalue weighted by molar-refractivity contribution is -0.152. The number of methoxy groups -OCH3 is 1. The van der Waals surface area contributed by atoms with Gasteiger partial charge in [0.2, 0.25) is 0 Å². The van der Waals surface area contributed by atoms with Crippen molar-refractivity contribution in [3.63, 3.8) is 0 Å². The van der Waals surface area contributed by atoms with Gasteiger partial charge in [-0.25, -0.2) is 9.48 Å². The maximum Gasteiger partial charge on any atom is 0.331 e. The number of carbonyl (C=O) groups excluding carboxylic acids is 2. The first-order valence-corrected chi connectivity index (χ1v) is 8.98. The van der Waals surface area contributed by atoms with Crippen LogP contribution in [0.25, 0.3) is 0 Å². The van der Waals surface area contributed by atoms with E-state index in [1.165, 1.54) is 11.0 Å². The first-order valence-electron chi connectivity index (χ1n) is 8.98. The highest BCUT2D eigenvalue weighted by molar-refractivity contribution is 5.81. The van der Waals surface area contributed by atoms with Gasteiger partial charge in [0.1, 0.15) is 12.1 Å². The molecular weight excluding hydrogens is 374 g/mol. The number of esters is 1. The van der Waals surface area contributed by atoms with Gasteiger partial charge in [-0.2, -0.15) is 0 Å². The lowest BCUT2D eigenvalue weighted by atomic mass is 10.1. The summed E-state index contributed by atoms with van der Waals surface area (Å²) in [4.78, 5) is 24.6. The number of nitrogens with zero attached hydrogens (tertiary/aromatic N) is 4. The summed E-state index contributed by atoms with van der Waals surface area (Å²) >= 11 is 0. The number of tetrazole rings is 1. The number of aromatic nitrogens is 4. The molecule has 0 saturated carbocycles. The Bertz CT molecular complexity index is 914. The minimum atomic E-state index is -0.762. The van der Waals surface area contributed by atoms with E-state index in [4.69, 9.17) is 9.47 Å². The fourth-order valence-corrected chi connectivity index (χ4v) is 2.66. The molecule has 150 valence electrons. The van der Waals surface area contributed by atoms with E-state index in [1.54, 1.807) is 7.11 Å². The van der Waals surface area contributed by atoms with Crippen molar-refractivity contribution < 1.29 is 19.1 Å². The van der Waals surface area contributed by atoms with Crippen molar-refractivity contribution in [1.29, 1.82) is 0 Å². The predicted molar refractivity (Wildman–Crippen MR) is 103 cm³/mol. The van der Waals surface area contributed by atoms with Gasteiger partial charge in [-0.05, 0) is 33.7 Å². The fraction of sp³-hybridized carbons (Fsp3) is 0.250. The van der Waals surface area contributed by atoms with E-state index in [0.717, 1.165) is 16.9 Å². The zero-order valence-corrected chi connectivity index (χ0v) is 15.9. The topological polar surface area (TPSA) is 108 Å². The molecule has 2 aromatic carbocycles. The molecule has 3 aromatic rings. The molecule has 0 spiro atoms. The third-order valence-electron chi connectivity index (χ3n) is 4.22. The van der Waals surface area contributed by atoms with Crippen LogP contribution in [0.3, 0.4) is 0 Å². The summed E-state index contributed by atoms with van der Waals surface area (Å²) in [5.41, 5.74) is 1.83. The van der Waals surface area contributed by atoms with Gasteiger partial charge in [-0.1, -0.05) is 42.5 Å². The Hall–Kier alpha value is -3.75. The summed E-state index contributed by atoms with van der Waals surface area (Å²) in [5.74, 6) is -0.244. The average Bonchev–Trinajstić information content (AvgIpc) is 3.30. The van der Waals surface area contributed by atoms with Gasteiger partial charge in [0.05, 0.1) is 7.11 Å². The van der Waals surface area contributed by atoms with Crippen LogP contribution in [0, 0.1) is 0 Å². The van der Waals surface area contributed by atoms with Crippen LogP contribution in [0.15, 0.2) is 60.9 Å². The molecule has 0 saturated heterocycles. The molecule has 0 bridgehead atoms. The Morgan fingerprint density at radius 3 is 2.48 bits per heavy atom. The van der Waals surface area contributed by atoms with Gasteiger partial charge in [0, 0.05) is 13.0 Å². The third kappa shape index (κ3) is 5.86. The molecule has 1 N–H and O–H groups in total. The maximum atomic E-state index is 12.6. The Labute approximate surface area is 167 Å². The molecule has 0 fully saturated rings. The summed E-state index contributed by atoms with van der Waals surface area (Å²) in [6.07, 6.45) is 1.69. The van der Waals surface area contributed by atoms with Gasteiger partial charge in [0.25, 0.3) is 5.91 Å². The second-order valence-electron chi connectivity index (χ2n) is 6.23. The van der Waals surface area contributed by atoms with Crippen molar-refractivity contribution in [3.8, 4) is 5.75 Å². The highest BCUT2D eigenvalue weighted by atomic mass is 16.5. The number of carbonyl (C=O) groups is 2. The van der Waals surface area contributed by atoms with E-state index in [1.807, 2.05) is 54.6 Å². The van der Waals surface area contributed by atoms with Crippen LogP contribution in [-0.4, -0.2) is 45.8 Å². The van der Waals surface area contributed by atoms with E-state index in [0.29, 0.717) is 13.0 Å². The minimum Gasteiger partial charge on any atom is -0.497 e. The van der Waals surface area contributed by atoms with Crippen molar-refractivity contribution in [2.45, 2.75) is 19.0 Å².